The number of nitrogens with two attached hydrogens (primary N) is 1. The number of nitrogens with one attached hydrogen (secondary N) is 2. The van der Waals surface area contributed by atoms with Crippen LogP contribution >= 0.6 is 0 Å². The average molecular weight is 249 g/mol. The first kappa shape index (κ1) is 12.9. The molecule has 1 saturated carbocycles. The van der Waals surface area contributed by atoms with Crippen molar-refractivity contribution in [2.24, 2.45) is 5.73 Å². The molecule has 1 aromatic carbocycles. The van der Waals surface area contributed by atoms with Gasteiger partial charge in [-0.05, 0) is 31.0 Å². The Bertz CT molecular complexity index is 416. The van der Waals surface area contributed by atoms with E-state index in [-0.39, 0.29) is 12.5 Å². The molecule has 0 aromatic heterocycles. The molecule has 4 N–H and O–H groups in total. The number of hydrogen-bond acceptors (Lipinski definition) is 4. The fraction of sp³-hybridized carbons (Fsp3) is 0.462. The highest BCUT2D eigenvalue weighted by Crippen LogP contribution is 2.24. The molecule has 18 heavy (non-hydrogen) atoms. The molecular weight excluding hydrogens is 230 g/mol. The highest BCUT2D eigenvalue weighted by molar-refractivity contribution is 5.92. The van der Waals surface area contributed by atoms with Crippen molar-refractivity contribution in [2.45, 2.75) is 24.9 Å². The van der Waals surface area contributed by atoms with Crippen LogP contribution in [0, 0.1) is 0 Å². The van der Waals surface area contributed by atoms with Crippen molar-refractivity contribution < 1.29 is 9.53 Å². The van der Waals surface area contributed by atoms with Gasteiger partial charge in [0, 0.05) is 30.6 Å². The third-order valence-corrected chi connectivity index (χ3v) is 2.97. The van der Waals surface area contributed by atoms with Crippen LogP contribution in [0.5, 0.6) is 0 Å². The summed E-state index contributed by atoms with van der Waals surface area (Å²) < 4.78 is 4.77. The lowest BCUT2D eigenvalue weighted by atomic mass is 9.87. The second-order valence-electron chi connectivity index (χ2n) is 4.63. The number of amides is 1. The van der Waals surface area contributed by atoms with Crippen LogP contribution < -0.4 is 16.4 Å². The molecule has 5 nitrogen and oxygen atoms in total. The van der Waals surface area contributed by atoms with E-state index in [2.05, 4.69) is 10.6 Å². The van der Waals surface area contributed by atoms with Crippen LogP contribution in [0.2, 0.25) is 0 Å². The third kappa shape index (κ3) is 3.45. The highest BCUT2D eigenvalue weighted by atomic mass is 16.5. The number of ether oxygens (including phenoxy) is 1. The number of rotatable bonds is 5. The fourth-order valence-corrected chi connectivity index (χ4v) is 2.03. The molecule has 1 aliphatic carbocycles. The normalized spacial score (nSPS) is 22.1. The van der Waals surface area contributed by atoms with E-state index in [1.165, 1.54) is 7.11 Å². The second kappa shape index (κ2) is 5.84. The maximum absolute atomic E-state index is 11.4. The molecule has 1 amide bonds. The van der Waals surface area contributed by atoms with E-state index in [1.807, 2.05) is 24.3 Å². The summed E-state index contributed by atoms with van der Waals surface area (Å²) in [5, 5.41) is 6.16. The molecule has 0 unspecified atom stereocenters. The first-order chi connectivity index (χ1) is 8.67. The van der Waals surface area contributed by atoms with Crippen LogP contribution in [0.15, 0.2) is 24.3 Å². The standard InChI is InChI=1S/C13H19N3O2/c1-18-8-13(17)16-11-4-2-3-10(7-11)15-12-5-9(14)6-12/h2-4,7,9,12,15H,5-6,8,14H2,1H3,(H,16,17). The van der Waals surface area contributed by atoms with E-state index in [0.717, 1.165) is 24.2 Å². The number of carbonyl (C=O) groups is 1. The van der Waals surface area contributed by atoms with Gasteiger partial charge in [0.1, 0.15) is 6.61 Å². The van der Waals surface area contributed by atoms with Crippen molar-refractivity contribution in [3.63, 3.8) is 0 Å². The summed E-state index contributed by atoms with van der Waals surface area (Å²) in [6.45, 7) is 0.0646. The first-order valence-corrected chi connectivity index (χ1v) is 6.08. The Balaban J connectivity index is 1.90. The summed E-state index contributed by atoms with van der Waals surface area (Å²) in [6, 6.07) is 8.43. The molecule has 2 rings (SSSR count). The molecule has 0 aliphatic heterocycles. The van der Waals surface area contributed by atoms with Crippen molar-refractivity contribution in [3.8, 4) is 0 Å². The number of methoxy groups -OCH3 is 1. The van der Waals surface area contributed by atoms with Crippen molar-refractivity contribution >= 4 is 17.3 Å². The zero-order valence-corrected chi connectivity index (χ0v) is 10.5. The molecule has 0 atom stereocenters. The van der Waals surface area contributed by atoms with E-state index in [1.54, 1.807) is 0 Å². The average Bonchev–Trinajstić information content (AvgIpc) is 2.27. The Hall–Kier alpha value is -1.59. The molecule has 0 saturated heterocycles. The smallest absolute Gasteiger partial charge is 0.250 e. The minimum atomic E-state index is -0.152. The summed E-state index contributed by atoms with van der Waals surface area (Å²) >= 11 is 0. The number of anilines is 2. The monoisotopic (exact) mass is 249 g/mol. The Labute approximate surface area is 107 Å². The topological polar surface area (TPSA) is 76.4 Å². The van der Waals surface area contributed by atoms with Gasteiger partial charge in [-0.25, -0.2) is 0 Å². The van der Waals surface area contributed by atoms with Gasteiger partial charge in [-0.15, -0.1) is 0 Å². The SMILES string of the molecule is COCC(=O)Nc1cccc(NC2CC(N)C2)c1. The van der Waals surface area contributed by atoms with Crippen molar-refractivity contribution in [3.05, 3.63) is 24.3 Å². The predicted octanol–water partition coefficient (Wildman–Crippen LogP) is 1.17. The quantitative estimate of drug-likeness (QED) is 0.732. The number of hydrogen-bond donors (Lipinski definition) is 3. The van der Waals surface area contributed by atoms with Gasteiger partial charge < -0.3 is 21.1 Å². The summed E-state index contributed by atoms with van der Waals surface area (Å²) in [5.41, 5.74) is 7.51. The fourth-order valence-electron chi connectivity index (χ4n) is 2.03. The Morgan fingerprint density at radius 2 is 2.17 bits per heavy atom. The van der Waals surface area contributed by atoms with E-state index < -0.39 is 0 Å². The molecule has 98 valence electrons. The van der Waals surface area contributed by atoms with Gasteiger partial charge in [0.2, 0.25) is 5.91 Å². The van der Waals surface area contributed by atoms with Crippen molar-refractivity contribution in [1.29, 1.82) is 0 Å². The van der Waals surface area contributed by atoms with E-state index in [4.69, 9.17) is 10.5 Å². The number of carbonyl (C=O) groups excluding carboxylic acids is 1. The van der Waals surface area contributed by atoms with Crippen LogP contribution in [0.1, 0.15) is 12.8 Å². The molecule has 0 spiro atoms. The third-order valence-electron chi connectivity index (χ3n) is 2.97. The van der Waals surface area contributed by atoms with Crippen LogP contribution in [-0.2, 0) is 9.53 Å². The number of benzene rings is 1. The van der Waals surface area contributed by atoms with Gasteiger partial charge >= 0.3 is 0 Å². The van der Waals surface area contributed by atoms with Crippen LogP contribution in [-0.4, -0.2) is 31.7 Å². The maximum atomic E-state index is 11.4. The lowest BCUT2D eigenvalue weighted by molar-refractivity contribution is -0.119. The Morgan fingerprint density at radius 1 is 1.44 bits per heavy atom. The molecule has 1 fully saturated rings. The van der Waals surface area contributed by atoms with Gasteiger partial charge in [0.05, 0.1) is 0 Å². The molecule has 0 bridgehead atoms. The van der Waals surface area contributed by atoms with Gasteiger partial charge in [-0.3, -0.25) is 4.79 Å². The Kier molecular flexibility index (Phi) is 4.17. The molecule has 1 aliphatic rings. The lowest BCUT2D eigenvalue weighted by Crippen LogP contribution is -2.44. The molecule has 1 aromatic rings. The second-order valence-corrected chi connectivity index (χ2v) is 4.63. The van der Waals surface area contributed by atoms with Crippen LogP contribution in [0.4, 0.5) is 11.4 Å². The predicted molar refractivity (Wildman–Crippen MR) is 71.6 cm³/mol. The molecular formula is C13H19N3O2. The van der Waals surface area contributed by atoms with Gasteiger partial charge in [-0.1, -0.05) is 6.07 Å². The zero-order chi connectivity index (χ0) is 13.0. The van der Waals surface area contributed by atoms with Gasteiger partial charge in [-0.2, -0.15) is 0 Å². The minimum Gasteiger partial charge on any atom is -0.382 e. The van der Waals surface area contributed by atoms with E-state index in [9.17, 15) is 4.79 Å². The molecule has 5 heteroatoms. The van der Waals surface area contributed by atoms with Crippen LogP contribution in [0.25, 0.3) is 0 Å². The van der Waals surface area contributed by atoms with Crippen molar-refractivity contribution in [2.75, 3.05) is 24.4 Å². The van der Waals surface area contributed by atoms with E-state index >= 15 is 0 Å². The first-order valence-electron chi connectivity index (χ1n) is 6.08. The largest absolute Gasteiger partial charge is 0.382 e. The molecule has 0 heterocycles. The summed E-state index contributed by atoms with van der Waals surface area (Å²) in [5.74, 6) is -0.152. The maximum Gasteiger partial charge on any atom is 0.250 e. The minimum absolute atomic E-state index is 0.0646. The Morgan fingerprint density at radius 3 is 2.83 bits per heavy atom. The van der Waals surface area contributed by atoms with Gasteiger partial charge in [0.25, 0.3) is 0 Å². The zero-order valence-electron chi connectivity index (χ0n) is 10.5. The van der Waals surface area contributed by atoms with Crippen LogP contribution in [0.3, 0.4) is 0 Å². The summed E-state index contributed by atoms with van der Waals surface area (Å²) in [4.78, 5) is 11.4. The lowest BCUT2D eigenvalue weighted by Gasteiger charge is -2.33. The summed E-state index contributed by atoms with van der Waals surface area (Å²) in [6.07, 6.45) is 2.00. The van der Waals surface area contributed by atoms with E-state index in [0.29, 0.717) is 12.1 Å². The van der Waals surface area contributed by atoms with Gasteiger partial charge in [0.15, 0.2) is 0 Å². The van der Waals surface area contributed by atoms with Crippen molar-refractivity contribution in [1.82, 2.24) is 0 Å². The summed E-state index contributed by atoms with van der Waals surface area (Å²) in [7, 11) is 1.50. The molecule has 0 radical (unpaired) electrons. The highest BCUT2D eigenvalue weighted by Gasteiger charge is 2.25.